The first kappa shape index (κ1) is 13.7. The smallest absolute Gasteiger partial charge is 0.293 e. The van der Waals surface area contributed by atoms with Gasteiger partial charge >= 0.3 is 0 Å². The van der Waals surface area contributed by atoms with Crippen LogP contribution in [0.25, 0.3) is 5.57 Å². The Labute approximate surface area is 112 Å². The number of oxazole rings is 1. The summed E-state index contributed by atoms with van der Waals surface area (Å²) in [6.45, 7) is 5.21. The molecule has 1 N–H and O–H groups in total. The summed E-state index contributed by atoms with van der Waals surface area (Å²) in [6.07, 6.45) is 7.53. The van der Waals surface area contributed by atoms with Crippen molar-refractivity contribution in [3.05, 3.63) is 37.1 Å². The zero-order chi connectivity index (χ0) is 13.5. The maximum absolute atomic E-state index is 10.6. The molecule has 0 spiro atoms. The molecule has 1 aliphatic heterocycles. The second-order valence-corrected chi connectivity index (χ2v) is 4.07. The standard InChI is InChI=1S/C12H15BN3O3/c1-2-4-19-15-11-6-10(12-14-3-5-18-12)7-16(8-11)13-9-17/h2-3,5-6,9,11,15H,1,4,7-8H2. The molecule has 7 heteroatoms. The van der Waals surface area contributed by atoms with Gasteiger partial charge in [-0.1, -0.05) is 12.2 Å². The van der Waals surface area contributed by atoms with Crippen LogP contribution in [0.15, 0.2) is 35.6 Å². The molecule has 1 radical (unpaired) electrons. The third kappa shape index (κ3) is 3.89. The zero-order valence-corrected chi connectivity index (χ0v) is 10.5. The van der Waals surface area contributed by atoms with Gasteiger partial charge in [0.15, 0.2) is 0 Å². The van der Waals surface area contributed by atoms with Gasteiger partial charge in [0.2, 0.25) is 5.89 Å². The Morgan fingerprint density at radius 2 is 2.63 bits per heavy atom. The Balaban J connectivity index is 2.06. The molecule has 0 saturated heterocycles. The summed E-state index contributed by atoms with van der Waals surface area (Å²) >= 11 is 0. The Kier molecular flexibility index (Phi) is 5.08. The van der Waals surface area contributed by atoms with E-state index >= 15 is 0 Å². The fourth-order valence-corrected chi connectivity index (χ4v) is 1.89. The number of hydroxylamine groups is 1. The predicted octanol–water partition coefficient (Wildman–Crippen LogP) is 0.259. The number of hydrogen-bond acceptors (Lipinski definition) is 6. The lowest BCUT2D eigenvalue weighted by Gasteiger charge is -2.29. The molecule has 99 valence electrons. The summed E-state index contributed by atoms with van der Waals surface area (Å²) in [5.41, 5.74) is 3.82. The van der Waals surface area contributed by atoms with Crippen LogP contribution in [-0.2, 0) is 9.63 Å². The van der Waals surface area contributed by atoms with Gasteiger partial charge in [0.1, 0.15) is 6.26 Å². The number of rotatable bonds is 7. The van der Waals surface area contributed by atoms with Crippen molar-refractivity contribution in [1.29, 1.82) is 0 Å². The number of hydrogen-bond donors (Lipinski definition) is 1. The highest BCUT2D eigenvalue weighted by molar-refractivity contribution is 6.64. The third-order valence-corrected chi connectivity index (χ3v) is 2.62. The van der Waals surface area contributed by atoms with Crippen LogP contribution >= 0.6 is 0 Å². The first-order valence-corrected chi connectivity index (χ1v) is 5.95. The van der Waals surface area contributed by atoms with Crippen molar-refractivity contribution in [3.63, 3.8) is 0 Å². The lowest BCUT2D eigenvalue weighted by Crippen LogP contribution is -2.46. The summed E-state index contributed by atoms with van der Waals surface area (Å²) in [5.74, 6) is 0.555. The van der Waals surface area contributed by atoms with Crippen molar-refractivity contribution in [2.45, 2.75) is 6.04 Å². The van der Waals surface area contributed by atoms with E-state index in [2.05, 4.69) is 17.0 Å². The second-order valence-electron chi connectivity index (χ2n) is 4.07. The van der Waals surface area contributed by atoms with Gasteiger partial charge in [0.05, 0.1) is 25.0 Å². The highest BCUT2D eigenvalue weighted by Gasteiger charge is 2.23. The normalized spacial score (nSPS) is 19.8. The van der Waals surface area contributed by atoms with Crippen molar-refractivity contribution in [3.8, 4) is 0 Å². The second kappa shape index (κ2) is 7.03. The number of carbonyl (C=O) groups excluding carboxylic acids is 1. The van der Waals surface area contributed by atoms with Gasteiger partial charge in [0, 0.05) is 18.7 Å². The third-order valence-electron chi connectivity index (χ3n) is 2.62. The first-order valence-electron chi connectivity index (χ1n) is 5.95. The van der Waals surface area contributed by atoms with E-state index in [1.54, 1.807) is 12.3 Å². The first-order chi connectivity index (χ1) is 9.33. The van der Waals surface area contributed by atoms with E-state index < -0.39 is 0 Å². The topological polar surface area (TPSA) is 67.6 Å². The average molecular weight is 260 g/mol. The quantitative estimate of drug-likeness (QED) is 0.249. The van der Waals surface area contributed by atoms with Crippen molar-refractivity contribution < 1.29 is 14.0 Å². The van der Waals surface area contributed by atoms with Crippen LogP contribution in [0, 0.1) is 0 Å². The molecule has 0 bridgehead atoms. The zero-order valence-electron chi connectivity index (χ0n) is 10.5. The molecule has 1 aliphatic rings. The van der Waals surface area contributed by atoms with Crippen LogP contribution < -0.4 is 5.48 Å². The van der Waals surface area contributed by atoms with Gasteiger partial charge in [0.25, 0.3) is 7.41 Å². The van der Waals surface area contributed by atoms with E-state index in [1.807, 2.05) is 10.9 Å². The largest absolute Gasteiger partial charge is 0.445 e. The van der Waals surface area contributed by atoms with Gasteiger partial charge < -0.3 is 14.0 Å². The molecule has 0 saturated carbocycles. The highest BCUT2D eigenvalue weighted by Crippen LogP contribution is 2.18. The van der Waals surface area contributed by atoms with Crippen molar-refractivity contribution in [1.82, 2.24) is 15.3 Å². The van der Waals surface area contributed by atoms with Crippen molar-refractivity contribution >= 4 is 19.2 Å². The fraction of sp³-hybridized carbons (Fsp3) is 0.333. The molecule has 2 heterocycles. The maximum Gasteiger partial charge on any atom is 0.293 e. The Hall–Kier alpha value is -1.70. The Morgan fingerprint density at radius 3 is 3.32 bits per heavy atom. The summed E-state index contributed by atoms with van der Waals surface area (Å²) in [5, 5.41) is 0. The van der Waals surface area contributed by atoms with E-state index in [0.29, 0.717) is 25.6 Å². The molecule has 19 heavy (non-hydrogen) atoms. The molecule has 0 aliphatic carbocycles. The lowest BCUT2D eigenvalue weighted by atomic mass is 9.90. The minimum atomic E-state index is -0.0493. The number of nitrogens with zero attached hydrogens (tertiary/aromatic N) is 2. The average Bonchev–Trinajstić information content (AvgIpc) is 2.93. The summed E-state index contributed by atoms with van der Waals surface area (Å²) in [6, 6.07) is -0.0493. The van der Waals surface area contributed by atoms with Crippen molar-refractivity contribution in [2.24, 2.45) is 0 Å². The van der Waals surface area contributed by atoms with Gasteiger partial charge in [-0.05, 0) is 0 Å². The highest BCUT2D eigenvalue weighted by atomic mass is 16.6. The van der Waals surface area contributed by atoms with Gasteiger partial charge in [-0.2, -0.15) is 5.48 Å². The van der Waals surface area contributed by atoms with E-state index in [-0.39, 0.29) is 6.04 Å². The lowest BCUT2D eigenvalue weighted by molar-refractivity contribution is 0.0414. The molecule has 0 fully saturated rings. The van der Waals surface area contributed by atoms with E-state index in [9.17, 15) is 4.79 Å². The minimum Gasteiger partial charge on any atom is -0.445 e. The minimum absolute atomic E-state index is 0.0493. The maximum atomic E-state index is 10.6. The summed E-state index contributed by atoms with van der Waals surface area (Å²) in [7, 11) is 1.50. The molecule has 1 aromatic rings. The Bertz CT molecular complexity index is 447. The van der Waals surface area contributed by atoms with E-state index in [0.717, 1.165) is 11.8 Å². The van der Waals surface area contributed by atoms with Crippen LogP contribution in [0.3, 0.4) is 0 Å². The summed E-state index contributed by atoms with van der Waals surface area (Å²) in [4.78, 5) is 21.8. The van der Waals surface area contributed by atoms with Crippen LogP contribution in [0.5, 0.6) is 0 Å². The SMILES string of the molecule is C=CCONC1C=C(c2ncco2)CN([B]C=O)C1. The number of nitrogens with one attached hydrogen (secondary N) is 1. The molecule has 0 amide bonds. The van der Waals surface area contributed by atoms with E-state index in [4.69, 9.17) is 9.25 Å². The van der Waals surface area contributed by atoms with Crippen molar-refractivity contribution in [2.75, 3.05) is 19.7 Å². The monoisotopic (exact) mass is 260 g/mol. The molecular weight excluding hydrogens is 245 g/mol. The van der Waals surface area contributed by atoms with Gasteiger partial charge in [-0.15, -0.1) is 6.58 Å². The Morgan fingerprint density at radius 1 is 1.74 bits per heavy atom. The van der Waals surface area contributed by atoms with Crippen LogP contribution in [-0.4, -0.2) is 49.1 Å². The van der Waals surface area contributed by atoms with Gasteiger partial charge in [-0.3, -0.25) is 4.84 Å². The fourth-order valence-electron chi connectivity index (χ4n) is 1.89. The van der Waals surface area contributed by atoms with E-state index in [1.165, 1.54) is 13.7 Å². The molecule has 6 nitrogen and oxygen atoms in total. The van der Waals surface area contributed by atoms with Gasteiger partial charge in [-0.25, -0.2) is 4.98 Å². The molecule has 2 rings (SSSR count). The predicted molar refractivity (Wildman–Crippen MR) is 71.6 cm³/mol. The molecule has 1 aromatic heterocycles. The molecule has 1 atom stereocenters. The van der Waals surface area contributed by atoms with Crippen LogP contribution in [0.2, 0.25) is 0 Å². The molecular formula is C12H15BN3O3. The number of carbonyl (C=O) groups is 1. The van der Waals surface area contributed by atoms with Crippen LogP contribution in [0.4, 0.5) is 0 Å². The molecule has 0 aromatic carbocycles. The summed E-state index contributed by atoms with van der Waals surface area (Å²) < 4.78 is 5.28. The number of aromatic nitrogens is 1. The molecule has 1 unspecified atom stereocenters. The van der Waals surface area contributed by atoms with Crippen LogP contribution in [0.1, 0.15) is 5.89 Å².